The zero-order valence-corrected chi connectivity index (χ0v) is 12.9. The van der Waals surface area contributed by atoms with Gasteiger partial charge in [0.15, 0.2) is 5.65 Å². The average molecular weight is 321 g/mol. The van der Waals surface area contributed by atoms with Crippen LogP contribution in [0.25, 0.3) is 27.8 Å². The summed E-state index contributed by atoms with van der Waals surface area (Å²) in [5, 5.41) is 1.54. The van der Waals surface area contributed by atoms with E-state index in [-0.39, 0.29) is 0 Å². The lowest BCUT2D eigenvalue weighted by atomic mass is 10.1. The number of hydrogen-bond donors (Lipinski definition) is 1. The van der Waals surface area contributed by atoms with E-state index in [9.17, 15) is 0 Å². The van der Waals surface area contributed by atoms with Gasteiger partial charge in [-0.05, 0) is 29.8 Å². The average Bonchev–Trinajstić information content (AvgIpc) is 2.97. The molecule has 2 N–H and O–H groups in total. The molecule has 0 atom stereocenters. The van der Waals surface area contributed by atoms with Gasteiger partial charge < -0.3 is 10.3 Å². The van der Waals surface area contributed by atoms with Crippen molar-refractivity contribution in [1.82, 2.24) is 14.5 Å². The van der Waals surface area contributed by atoms with Crippen LogP contribution in [-0.4, -0.2) is 14.5 Å². The number of rotatable bonds is 2. The summed E-state index contributed by atoms with van der Waals surface area (Å²) in [4.78, 5) is 8.57. The highest BCUT2D eigenvalue weighted by atomic mass is 35.5. The van der Waals surface area contributed by atoms with Gasteiger partial charge >= 0.3 is 0 Å². The Kier molecular flexibility index (Phi) is 3.24. The molecule has 4 rings (SSSR count). The molecule has 5 heteroatoms. The smallest absolute Gasteiger partial charge is 0.150 e. The molecule has 0 amide bonds. The summed E-state index contributed by atoms with van der Waals surface area (Å²) in [6.45, 7) is 0. The summed E-state index contributed by atoms with van der Waals surface area (Å²) in [6, 6.07) is 17.7. The van der Waals surface area contributed by atoms with E-state index in [4.69, 9.17) is 17.3 Å². The van der Waals surface area contributed by atoms with Crippen LogP contribution in [0.2, 0.25) is 5.02 Å². The van der Waals surface area contributed by atoms with Crippen molar-refractivity contribution in [2.45, 2.75) is 0 Å². The van der Waals surface area contributed by atoms with Crippen LogP contribution in [0.15, 0.2) is 67.1 Å². The molecule has 4 aromatic rings. The molecule has 0 spiro atoms. The van der Waals surface area contributed by atoms with Crippen LogP contribution in [0.1, 0.15) is 0 Å². The van der Waals surface area contributed by atoms with Crippen LogP contribution in [0.4, 0.5) is 5.82 Å². The highest BCUT2D eigenvalue weighted by molar-refractivity contribution is 6.30. The molecule has 0 aliphatic carbocycles. The molecule has 4 nitrogen and oxygen atoms in total. The van der Waals surface area contributed by atoms with Gasteiger partial charge in [-0.15, -0.1) is 0 Å². The van der Waals surface area contributed by atoms with E-state index >= 15 is 0 Å². The molecule has 2 aromatic carbocycles. The lowest BCUT2D eigenvalue weighted by Crippen LogP contribution is -1.96. The Balaban J connectivity index is 2.04. The van der Waals surface area contributed by atoms with E-state index in [1.807, 2.05) is 65.4 Å². The zero-order valence-electron chi connectivity index (χ0n) is 12.1. The third-order valence-corrected chi connectivity index (χ3v) is 4.05. The van der Waals surface area contributed by atoms with Gasteiger partial charge in [0.25, 0.3) is 0 Å². The zero-order chi connectivity index (χ0) is 15.8. The SMILES string of the molecule is Nc1ncnc2c1c(-c1ccc(Cl)cc1)cn2-c1ccccc1. The van der Waals surface area contributed by atoms with Crippen LogP contribution in [0, 0.1) is 0 Å². The third-order valence-electron chi connectivity index (χ3n) is 3.80. The fourth-order valence-electron chi connectivity index (χ4n) is 2.72. The van der Waals surface area contributed by atoms with Crippen molar-refractivity contribution in [3.8, 4) is 16.8 Å². The van der Waals surface area contributed by atoms with Gasteiger partial charge in [-0.1, -0.05) is 41.9 Å². The Morgan fingerprint density at radius 2 is 1.65 bits per heavy atom. The Morgan fingerprint density at radius 3 is 2.39 bits per heavy atom. The molecule has 23 heavy (non-hydrogen) atoms. The first-order chi connectivity index (χ1) is 11.2. The number of fused-ring (bicyclic) bond motifs is 1. The topological polar surface area (TPSA) is 56.7 Å². The van der Waals surface area contributed by atoms with Crippen molar-refractivity contribution in [2.75, 3.05) is 5.73 Å². The Morgan fingerprint density at radius 1 is 0.913 bits per heavy atom. The first-order valence-corrected chi connectivity index (χ1v) is 7.55. The molecule has 0 aliphatic rings. The van der Waals surface area contributed by atoms with E-state index in [0.29, 0.717) is 10.8 Å². The van der Waals surface area contributed by atoms with Crippen molar-refractivity contribution in [2.24, 2.45) is 0 Å². The summed E-state index contributed by atoms with van der Waals surface area (Å²) >= 11 is 6.00. The lowest BCUT2D eigenvalue weighted by molar-refractivity contribution is 1.08. The highest BCUT2D eigenvalue weighted by Gasteiger charge is 2.15. The standard InChI is InChI=1S/C18H13ClN4/c19-13-8-6-12(7-9-13)15-10-23(14-4-2-1-3-5-14)18-16(15)17(20)21-11-22-18/h1-11H,(H2,20,21,22). The van der Waals surface area contributed by atoms with Crippen LogP contribution in [0.5, 0.6) is 0 Å². The molecule has 0 aliphatic heterocycles. The molecule has 0 fully saturated rings. The molecule has 0 unspecified atom stereocenters. The summed E-state index contributed by atoms with van der Waals surface area (Å²) in [6.07, 6.45) is 3.52. The Hall–Kier alpha value is -2.85. The Labute approximate surface area is 138 Å². The summed E-state index contributed by atoms with van der Waals surface area (Å²) in [5.74, 6) is 0.467. The second-order valence-corrected chi connectivity index (χ2v) is 5.65. The van der Waals surface area contributed by atoms with Gasteiger partial charge in [-0.3, -0.25) is 0 Å². The summed E-state index contributed by atoms with van der Waals surface area (Å²) in [5.41, 5.74) is 9.94. The predicted octanol–water partition coefficient (Wildman–Crippen LogP) is 4.32. The molecule has 0 saturated carbocycles. The minimum absolute atomic E-state index is 0.467. The maximum atomic E-state index is 6.13. The van der Waals surface area contributed by atoms with Gasteiger partial charge in [-0.2, -0.15) is 0 Å². The van der Waals surface area contributed by atoms with Crippen LogP contribution in [-0.2, 0) is 0 Å². The fourth-order valence-corrected chi connectivity index (χ4v) is 2.85. The largest absolute Gasteiger partial charge is 0.383 e. The van der Waals surface area contributed by atoms with Crippen molar-refractivity contribution >= 4 is 28.5 Å². The minimum Gasteiger partial charge on any atom is -0.383 e. The second kappa shape index (κ2) is 5.41. The first kappa shape index (κ1) is 13.8. The van der Waals surface area contributed by atoms with Gasteiger partial charge in [0, 0.05) is 22.5 Å². The van der Waals surface area contributed by atoms with Gasteiger partial charge in [0.2, 0.25) is 0 Å². The maximum Gasteiger partial charge on any atom is 0.150 e. The van der Waals surface area contributed by atoms with Gasteiger partial charge in [-0.25, -0.2) is 9.97 Å². The highest BCUT2D eigenvalue weighted by Crippen LogP contribution is 2.34. The first-order valence-electron chi connectivity index (χ1n) is 7.17. The third kappa shape index (κ3) is 2.33. The molecular formula is C18H13ClN4. The molecule has 0 saturated heterocycles. The van der Waals surface area contributed by atoms with E-state index < -0.39 is 0 Å². The second-order valence-electron chi connectivity index (χ2n) is 5.21. The quantitative estimate of drug-likeness (QED) is 0.598. The summed E-state index contributed by atoms with van der Waals surface area (Å²) < 4.78 is 2.03. The molecular weight excluding hydrogens is 308 g/mol. The number of nitrogen functional groups attached to an aromatic ring is 1. The van der Waals surface area contributed by atoms with Crippen molar-refractivity contribution in [1.29, 1.82) is 0 Å². The molecule has 112 valence electrons. The monoisotopic (exact) mass is 320 g/mol. The number of hydrogen-bond acceptors (Lipinski definition) is 3. The normalized spacial score (nSPS) is 11.0. The van der Waals surface area contributed by atoms with Gasteiger partial charge in [0.05, 0.1) is 5.39 Å². The number of aromatic nitrogens is 3. The summed E-state index contributed by atoms with van der Waals surface area (Å²) in [7, 11) is 0. The van der Waals surface area contributed by atoms with Crippen LogP contribution >= 0.6 is 11.6 Å². The Bertz CT molecular complexity index is 975. The van der Waals surface area contributed by atoms with Crippen molar-refractivity contribution < 1.29 is 0 Å². The number of nitrogens with two attached hydrogens (primary N) is 1. The molecule has 2 heterocycles. The van der Waals surface area contributed by atoms with E-state index in [2.05, 4.69) is 9.97 Å². The van der Waals surface area contributed by atoms with E-state index in [1.165, 1.54) is 6.33 Å². The van der Waals surface area contributed by atoms with E-state index in [1.54, 1.807) is 0 Å². The maximum absolute atomic E-state index is 6.13. The number of nitrogens with zero attached hydrogens (tertiary/aromatic N) is 3. The van der Waals surface area contributed by atoms with Crippen LogP contribution in [0.3, 0.4) is 0 Å². The van der Waals surface area contributed by atoms with E-state index in [0.717, 1.165) is 27.8 Å². The molecule has 2 aromatic heterocycles. The van der Waals surface area contributed by atoms with Gasteiger partial charge in [0.1, 0.15) is 12.1 Å². The lowest BCUT2D eigenvalue weighted by Gasteiger charge is -2.03. The number of benzene rings is 2. The molecule has 0 radical (unpaired) electrons. The number of halogens is 1. The van der Waals surface area contributed by atoms with Crippen LogP contribution < -0.4 is 5.73 Å². The molecule has 0 bridgehead atoms. The van der Waals surface area contributed by atoms with Crippen molar-refractivity contribution in [3.63, 3.8) is 0 Å². The number of para-hydroxylation sites is 1. The predicted molar refractivity (Wildman–Crippen MR) is 93.7 cm³/mol. The minimum atomic E-state index is 0.467. The number of anilines is 1. The van der Waals surface area contributed by atoms with Crippen molar-refractivity contribution in [3.05, 3.63) is 72.1 Å². The fraction of sp³-hybridized carbons (Fsp3) is 0.